The molecule has 30 heavy (non-hydrogen) atoms. The van der Waals surface area contributed by atoms with Gasteiger partial charge >= 0.3 is 18.2 Å². The third kappa shape index (κ3) is 6.25. The Hall–Kier alpha value is -2.49. The quantitative estimate of drug-likeness (QED) is 0.742. The summed E-state index contributed by atoms with van der Waals surface area (Å²) in [6.45, 7) is 7.38. The number of hydrogen-bond donors (Lipinski definition) is 1. The lowest BCUT2D eigenvalue weighted by Gasteiger charge is -2.35. The van der Waals surface area contributed by atoms with E-state index in [0.717, 1.165) is 18.1 Å². The summed E-state index contributed by atoms with van der Waals surface area (Å²) in [5.74, 6) is -0.626. The van der Waals surface area contributed by atoms with E-state index in [2.05, 4.69) is 4.74 Å². The second-order valence-electron chi connectivity index (χ2n) is 7.86. The number of carbonyl (C=O) groups is 2. The van der Waals surface area contributed by atoms with E-state index in [4.69, 9.17) is 4.74 Å². The lowest BCUT2D eigenvalue weighted by molar-refractivity contribution is -0.200. The van der Waals surface area contributed by atoms with Crippen LogP contribution in [-0.2, 0) is 16.1 Å². The highest BCUT2D eigenvalue weighted by atomic mass is 19.4. The van der Waals surface area contributed by atoms with Gasteiger partial charge in [-0.05, 0) is 39.3 Å². The average Bonchev–Trinajstić information content (AvgIpc) is 2.63. The topological polar surface area (TPSA) is 79.3 Å². The smallest absolute Gasteiger partial charge is 0.425 e. The molecule has 1 aromatic rings. The van der Waals surface area contributed by atoms with Crippen LogP contribution < -0.4 is 4.74 Å². The summed E-state index contributed by atoms with van der Waals surface area (Å²) in [6, 6.07) is 5.52. The number of ether oxygens (including phenoxy) is 2. The third-order valence-corrected chi connectivity index (χ3v) is 4.87. The molecule has 10 heteroatoms. The zero-order chi connectivity index (χ0) is 22.7. The molecule has 1 unspecified atom stereocenters. The van der Waals surface area contributed by atoms with Crippen LogP contribution in [0.3, 0.4) is 0 Å². The predicted octanol–water partition coefficient (Wildman–Crippen LogP) is 3.44. The Bertz CT molecular complexity index is 774. The molecule has 0 bridgehead atoms. The van der Waals surface area contributed by atoms with Gasteiger partial charge in [0.05, 0.1) is 0 Å². The molecule has 1 amide bonds. The van der Waals surface area contributed by atoms with Gasteiger partial charge in [0.25, 0.3) is 0 Å². The van der Waals surface area contributed by atoms with Crippen LogP contribution in [0.1, 0.15) is 31.9 Å². The first-order valence-electron chi connectivity index (χ1n) is 9.56. The molecule has 1 N–H and O–H groups in total. The highest BCUT2D eigenvalue weighted by Gasteiger charge is 2.40. The molecule has 0 spiro atoms. The first-order valence-corrected chi connectivity index (χ1v) is 9.56. The van der Waals surface area contributed by atoms with Crippen molar-refractivity contribution in [3.05, 3.63) is 29.3 Å². The number of benzene rings is 1. The molecule has 1 saturated heterocycles. The number of piperazine rings is 1. The maximum absolute atomic E-state index is 12.6. The van der Waals surface area contributed by atoms with Gasteiger partial charge in [-0.1, -0.05) is 12.1 Å². The SMILES string of the molecule is Cc1ccc(CN2CCN(C(=O)OC(C)C(F)(F)F)CC2)c(OC(C)(C)C(=O)O)c1. The van der Waals surface area contributed by atoms with Crippen molar-refractivity contribution >= 4 is 12.1 Å². The van der Waals surface area contributed by atoms with E-state index in [-0.39, 0.29) is 13.1 Å². The molecule has 1 atom stereocenters. The summed E-state index contributed by atoms with van der Waals surface area (Å²) in [5.41, 5.74) is 0.304. The van der Waals surface area contributed by atoms with Crippen molar-refractivity contribution in [2.24, 2.45) is 0 Å². The molecular formula is C20H27F3N2O5. The monoisotopic (exact) mass is 432 g/mol. The Morgan fingerprint density at radius 1 is 1.17 bits per heavy atom. The van der Waals surface area contributed by atoms with E-state index in [1.165, 1.54) is 18.7 Å². The Morgan fingerprint density at radius 3 is 2.30 bits per heavy atom. The largest absolute Gasteiger partial charge is 0.478 e. The molecule has 1 aromatic carbocycles. The van der Waals surface area contributed by atoms with Gasteiger partial charge in [-0.15, -0.1) is 0 Å². The van der Waals surface area contributed by atoms with Gasteiger partial charge in [-0.2, -0.15) is 13.2 Å². The van der Waals surface area contributed by atoms with E-state index in [1.807, 2.05) is 24.0 Å². The minimum Gasteiger partial charge on any atom is -0.478 e. The van der Waals surface area contributed by atoms with Crippen LogP contribution in [0.15, 0.2) is 18.2 Å². The Labute approximate surface area is 173 Å². The van der Waals surface area contributed by atoms with Gasteiger partial charge in [0, 0.05) is 38.3 Å². The van der Waals surface area contributed by atoms with Crippen molar-refractivity contribution in [3.8, 4) is 5.75 Å². The normalized spacial score (nSPS) is 16.8. The molecular weight excluding hydrogens is 405 g/mol. The number of rotatable bonds is 6. The number of amides is 1. The first kappa shape index (κ1) is 23.8. The molecule has 1 aliphatic rings. The van der Waals surface area contributed by atoms with Crippen LogP contribution in [0, 0.1) is 6.92 Å². The summed E-state index contributed by atoms with van der Waals surface area (Å²) in [6.07, 6.45) is -7.74. The van der Waals surface area contributed by atoms with Gasteiger partial charge in [-0.25, -0.2) is 9.59 Å². The Balaban J connectivity index is 1.98. The first-order chi connectivity index (χ1) is 13.8. The number of carbonyl (C=O) groups excluding carboxylic acids is 1. The molecule has 2 rings (SSSR count). The summed E-state index contributed by atoms with van der Waals surface area (Å²) < 4.78 is 47.9. The van der Waals surface area contributed by atoms with Crippen LogP contribution in [-0.4, -0.2) is 71.0 Å². The highest BCUT2D eigenvalue weighted by molar-refractivity contribution is 5.76. The summed E-state index contributed by atoms with van der Waals surface area (Å²) in [5, 5.41) is 9.32. The van der Waals surface area contributed by atoms with E-state index >= 15 is 0 Å². The Morgan fingerprint density at radius 2 is 1.77 bits per heavy atom. The maximum atomic E-state index is 12.6. The number of halogens is 3. The zero-order valence-corrected chi connectivity index (χ0v) is 17.5. The van der Waals surface area contributed by atoms with E-state index < -0.39 is 29.9 Å². The number of carboxylic acid groups (broad SMARTS) is 1. The standard InChI is InChI=1S/C20H27F3N2O5/c1-13-5-6-15(16(11-13)30-19(3,4)17(26)27)12-24-7-9-25(10-8-24)18(28)29-14(2)20(21,22)23/h5-6,11,14H,7-10,12H2,1-4H3,(H,26,27). The van der Waals surface area contributed by atoms with Crippen molar-refractivity contribution in [2.45, 2.75) is 52.1 Å². The highest BCUT2D eigenvalue weighted by Crippen LogP contribution is 2.27. The van der Waals surface area contributed by atoms with Gasteiger partial charge in [0.2, 0.25) is 0 Å². The number of alkyl halides is 3. The molecule has 168 valence electrons. The van der Waals surface area contributed by atoms with Gasteiger partial charge in [0.1, 0.15) is 5.75 Å². The van der Waals surface area contributed by atoms with Gasteiger partial charge < -0.3 is 19.5 Å². The molecule has 0 aromatic heterocycles. The van der Waals surface area contributed by atoms with Crippen molar-refractivity contribution in [2.75, 3.05) is 26.2 Å². The summed E-state index contributed by atoms with van der Waals surface area (Å²) >= 11 is 0. The second kappa shape index (κ2) is 9.11. The molecule has 0 saturated carbocycles. The minimum atomic E-state index is -4.59. The fourth-order valence-corrected chi connectivity index (χ4v) is 2.83. The Kier molecular flexibility index (Phi) is 7.23. The van der Waals surface area contributed by atoms with Crippen LogP contribution in [0.5, 0.6) is 5.75 Å². The van der Waals surface area contributed by atoms with Gasteiger partial charge in [-0.3, -0.25) is 4.90 Å². The van der Waals surface area contributed by atoms with Crippen molar-refractivity contribution in [1.29, 1.82) is 0 Å². The summed E-state index contributed by atoms with van der Waals surface area (Å²) in [4.78, 5) is 26.6. The number of nitrogens with zero attached hydrogens (tertiary/aromatic N) is 2. The van der Waals surface area contributed by atoms with E-state index in [1.54, 1.807) is 6.07 Å². The van der Waals surface area contributed by atoms with Crippen LogP contribution in [0.25, 0.3) is 0 Å². The second-order valence-corrected chi connectivity index (χ2v) is 7.86. The third-order valence-electron chi connectivity index (χ3n) is 4.87. The van der Waals surface area contributed by atoms with Gasteiger partial charge in [0.15, 0.2) is 11.7 Å². The number of aliphatic carboxylic acids is 1. The molecule has 0 radical (unpaired) electrons. The molecule has 1 fully saturated rings. The predicted molar refractivity (Wildman–Crippen MR) is 102 cm³/mol. The van der Waals surface area contributed by atoms with Crippen molar-refractivity contribution < 1.29 is 37.3 Å². The number of hydrogen-bond acceptors (Lipinski definition) is 5. The molecule has 1 aliphatic heterocycles. The molecule has 1 heterocycles. The fourth-order valence-electron chi connectivity index (χ4n) is 2.83. The number of aryl methyl sites for hydroxylation is 1. The van der Waals surface area contributed by atoms with Crippen molar-refractivity contribution in [3.63, 3.8) is 0 Å². The summed E-state index contributed by atoms with van der Waals surface area (Å²) in [7, 11) is 0. The lowest BCUT2D eigenvalue weighted by Crippen LogP contribution is -2.49. The minimum absolute atomic E-state index is 0.228. The molecule has 0 aliphatic carbocycles. The maximum Gasteiger partial charge on any atom is 0.425 e. The van der Waals surface area contributed by atoms with Crippen LogP contribution in [0.4, 0.5) is 18.0 Å². The zero-order valence-electron chi connectivity index (χ0n) is 17.5. The number of carboxylic acids is 1. The lowest BCUT2D eigenvalue weighted by atomic mass is 10.1. The molecule has 7 nitrogen and oxygen atoms in total. The van der Waals surface area contributed by atoms with E-state index in [9.17, 15) is 27.9 Å². The van der Waals surface area contributed by atoms with Crippen LogP contribution >= 0.6 is 0 Å². The van der Waals surface area contributed by atoms with Crippen LogP contribution in [0.2, 0.25) is 0 Å². The van der Waals surface area contributed by atoms with Crippen molar-refractivity contribution in [1.82, 2.24) is 9.80 Å². The average molecular weight is 432 g/mol. The van der Waals surface area contributed by atoms with E-state index in [0.29, 0.717) is 25.4 Å². The fraction of sp³-hybridized carbons (Fsp3) is 0.600.